The summed E-state index contributed by atoms with van der Waals surface area (Å²) in [5.41, 5.74) is 2.14. The van der Waals surface area contributed by atoms with E-state index in [-0.39, 0.29) is 11.9 Å². The Hall–Kier alpha value is -1.65. The van der Waals surface area contributed by atoms with Crippen LogP contribution >= 0.6 is 11.3 Å². The Morgan fingerprint density at radius 2 is 1.95 bits per heavy atom. The van der Waals surface area contributed by atoms with Gasteiger partial charge in [-0.2, -0.15) is 0 Å². The third-order valence-corrected chi connectivity index (χ3v) is 4.39. The molecule has 0 aliphatic heterocycles. The first kappa shape index (κ1) is 14.8. The van der Waals surface area contributed by atoms with E-state index in [1.54, 1.807) is 11.3 Å². The van der Waals surface area contributed by atoms with E-state index in [0.717, 1.165) is 12.2 Å². The van der Waals surface area contributed by atoms with E-state index in [9.17, 15) is 4.79 Å². The van der Waals surface area contributed by atoms with Gasteiger partial charge in [-0.05, 0) is 44.5 Å². The number of rotatable bonds is 5. The molecule has 0 saturated carbocycles. The topological polar surface area (TPSA) is 41.1 Å². The molecule has 1 atom stereocenters. The number of benzene rings is 1. The highest BCUT2D eigenvalue weighted by atomic mass is 32.1. The highest BCUT2D eigenvalue weighted by Crippen LogP contribution is 2.20. The first-order valence-corrected chi connectivity index (χ1v) is 7.53. The lowest BCUT2D eigenvalue weighted by Crippen LogP contribution is -2.37. The molecule has 1 unspecified atom stereocenters. The first-order chi connectivity index (χ1) is 9.56. The minimum atomic E-state index is -0.224. The minimum Gasteiger partial charge on any atom is -0.325 e. The second kappa shape index (κ2) is 6.68. The number of hydrogen-bond donors (Lipinski definition) is 2. The maximum absolute atomic E-state index is 12.0. The molecule has 1 heterocycles. The van der Waals surface area contributed by atoms with Crippen LogP contribution in [-0.4, -0.2) is 11.9 Å². The van der Waals surface area contributed by atoms with Gasteiger partial charge in [-0.3, -0.25) is 4.79 Å². The smallest absolute Gasteiger partial charge is 0.241 e. The summed E-state index contributed by atoms with van der Waals surface area (Å²) in [5.74, 6) is -0.0128. The zero-order valence-corrected chi connectivity index (χ0v) is 12.9. The average Bonchev–Trinajstić information content (AvgIpc) is 2.76. The number of anilines is 1. The van der Waals surface area contributed by atoms with Gasteiger partial charge in [-0.1, -0.05) is 18.2 Å². The Morgan fingerprint density at radius 3 is 2.55 bits per heavy atom. The van der Waals surface area contributed by atoms with Crippen LogP contribution in [0, 0.1) is 13.8 Å². The van der Waals surface area contributed by atoms with Gasteiger partial charge in [0.15, 0.2) is 0 Å². The number of carbonyl (C=O) groups is 1. The predicted octanol–water partition coefficient (Wildman–Crippen LogP) is 3.48. The molecule has 1 aromatic carbocycles. The van der Waals surface area contributed by atoms with Gasteiger partial charge in [0.05, 0.1) is 6.04 Å². The van der Waals surface area contributed by atoms with Gasteiger partial charge in [0.25, 0.3) is 0 Å². The SMILES string of the molecule is Cc1cc(CNC(C)C(=O)Nc2ccccc2)sc1C. The molecule has 1 aromatic heterocycles. The molecule has 0 spiro atoms. The zero-order chi connectivity index (χ0) is 14.5. The van der Waals surface area contributed by atoms with Crippen LogP contribution in [0.25, 0.3) is 0 Å². The molecule has 2 N–H and O–H groups in total. The maximum atomic E-state index is 12.0. The van der Waals surface area contributed by atoms with E-state index < -0.39 is 0 Å². The van der Waals surface area contributed by atoms with Gasteiger partial charge in [0.2, 0.25) is 5.91 Å². The molecular weight excluding hydrogens is 268 g/mol. The quantitative estimate of drug-likeness (QED) is 0.884. The summed E-state index contributed by atoms with van der Waals surface area (Å²) in [4.78, 5) is 14.6. The molecular formula is C16H20N2OS. The van der Waals surface area contributed by atoms with Crippen molar-refractivity contribution in [3.63, 3.8) is 0 Å². The molecule has 2 rings (SSSR count). The Balaban J connectivity index is 1.85. The van der Waals surface area contributed by atoms with E-state index in [1.807, 2.05) is 37.3 Å². The summed E-state index contributed by atoms with van der Waals surface area (Å²) >= 11 is 1.78. The van der Waals surface area contributed by atoms with Crippen molar-refractivity contribution >= 4 is 22.9 Å². The maximum Gasteiger partial charge on any atom is 0.241 e. The standard InChI is InChI=1S/C16H20N2OS/c1-11-9-15(20-13(11)3)10-17-12(2)16(19)18-14-7-5-4-6-8-14/h4-9,12,17H,10H2,1-3H3,(H,18,19). The summed E-state index contributed by atoms with van der Waals surface area (Å²) in [5, 5.41) is 6.15. The summed E-state index contributed by atoms with van der Waals surface area (Å²) in [6.45, 7) is 6.84. The van der Waals surface area contributed by atoms with Crippen molar-refractivity contribution in [3.8, 4) is 0 Å². The molecule has 4 heteroatoms. The van der Waals surface area contributed by atoms with Crippen molar-refractivity contribution in [2.24, 2.45) is 0 Å². The highest BCUT2D eigenvalue weighted by Gasteiger charge is 2.12. The van der Waals surface area contributed by atoms with Crippen molar-refractivity contribution < 1.29 is 4.79 Å². The van der Waals surface area contributed by atoms with E-state index in [1.165, 1.54) is 15.3 Å². The molecule has 3 nitrogen and oxygen atoms in total. The molecule has 0 fully saturated rings. The second-order valence-corrected chi connectivity index (χ2v) is 6.25. The summed E-state index contributed by atoms with van der Waals surface area (Å²) < 4.78 is 0. The van der Waals surface area contributed by atoms with Crippen LogP contribution in [-0.2, 0) is 11.3 Å². The minimum absolute atomic E-state index is 0.0128. The summed E-state index contributed by atoms with van der Waals surface area (Å²) in [7, 11) is 0. The number of hydrogen-bond acceptors (Lipinski definition) is 3. The lowest BCUT2D eigenvalue weighted by molar-refractivity contribution is -0.117. The molecule has 0 saturated heterocycles. The van der Waals surface area contributed by atoms with Crippen LogP contribution in [0.4, 0.5) is 5.69 Å². The van der Waals surface area contributed by atoms with Crippen molar-refractivity contribution in [2.75, 3.05) is 5.32 Å². The van der Waals surface area contributed by atoms with Crippen LogP contribution in [0.1, 0.15) is 22.2 Å². The lowest BCUT2D eigenvalue weighted by Gasteiger charge is -2.13. The Kier molecular flexibility index (Phi) is 4.93. The van der Waals surface area contributed by atoms with Crippen molar-refractivity contribution in [1.82, 2.24) is 5.32 Å². The third kappa shape index (κ3) is 3.92. The van der Waals surface area contributed by atoms with Crippen LogP contribution in [0.5, 0.6) is 0 Å². The number of thiophene rings is 1. The van der Waals surface area contributed by atoms with Gasteiger partial charge in [0.1, 0.15) is 0 Å². The monoisotopic (exact) mass is 288 g/mol. The van der Waals surface area contributed by atoms with Gasteiger partial charge in [-0.25, -0.2) is 0 Å². The van der Waals surface area contributed by atoms with Crippen molar-refractivity contribution in [3.05, 3.63) is 51.7 Å². The fourth-order valence-electron chi connectivity index (χ4n) is 1.86. The third-order valence-electron chi connectivity index (χ3n) is 3.23. The molecule has 2 aromatic rings. The normalized spacial score (nSPS) is 12.2. The largest absolute Gasteiger partial charge is 0.325 e. The molecule has 106 valence electrons. The number of amides is 1. The van der Waals surface area contributed by atoms with Crippen LogP contribution in [0.3, 0.4) is 0 Å². The summed E-state index contributed by atoms with van der Waals surface area (Å²) in [6.07, 6.45) is 0. The van der Waals surface area contributed by atoms with Gasteiger partial charge >= 0.3 is 0 Å². The molecule has 0 aliphatic rings. The van der Waals surface area contributed by atoms with E-state index >= 15 is 0 Å². The predicted molar refractivity (Wildman–Crippen MR) is 85.2 cm³/mol. The number of aryl methyl sites for hydroxylation is 2. The van der Waals surface area contributed by atoms with Crippen LogP contribution in [0.2, 0.25) is 0 Å². The van der Waals surface area contributed by atoms with Crippen LogP contribution in [0.15, 0.2) is 36.4 Å². The fraction of sp³-hybridized carbons (Fsp3) is 0.312. The van der Waals surface area contributed by atoms with E-state index in [4.69, 9.17) is 0 Å². The lowest BCUT2D eigenvalue weighted by atomic mass is 10.2. The zero-order valence-electron chi connectivity index (χ0n) is 12.1. The molecule has 0 bridgehead atoms. The number of carbonyl (C=O) groups excluding carboxylic acids is 1. The average molecular weight is 288 g/mol. The van der Waals surface area contributed by atoms with Crippen LogP contribution < -0.4 is 10.6 Å². The fourth-order valence-corrected chi connectivity index (χ4v) is 2.86. The first-order valence-electron chi connectivity index (χ1n) is 6.71. The molecule has 0 radical (unpaired) electrons. The van der Waals surface area contributed by atoms with E-state index in [2.05, 4.69) is 30.5 Å². The number of para-hydroxylation sites is 1. The Morgan fingerprint density at radius 1 is 1.25 bits per heavy atom. The highest BCUT2D eigenvalue weighted by molar-refractivity contribution is 7.12. The number of nitrogens with one attached hydrogen (secondary N) is 2. The molecule has 20 heavy (non-hydrogen) atoms. The van der Waals surface area contributed by atoms with E-state index in [0.29, 0.717) is 0 Å². The Labute approximate surface area is 124 Å². The Bertz CT molecular complexity index is 558. The molecule has 0 aliphatic carbocycles. The molecule has 1 amide bonds. The second-order valence-electron chi connectivity index (χ2n) is 4.91. The van der Waals surface area contributed by atoms with Crippen molar-refractivity contribution in [1.29, 1.82) is 0 Å². The van der Waals surface area contributed by atoms with Gasteiger partial charge in [-0.15, -0.1) is 11.3 Å². The van der Waals surface area contributed by atoms with Crippen molar-refractivity contribution in [2.45, 2.75) is 33.4 Å². The summed E-state index contributed by atoms with van der Waals surface area (Å²) in [6, 6.07) is 11.5. The van der Waals surface area contributed by atoms with Gasteiger partial charge in [0, 0.05) is 22.0 Å². The van der Waals surface area contributed by atoms with Gasteiger partial charge < -0.3 is 10.6 Å².